The predicted molar refractivity (Wildman–Crippen MR) is 57.6 cm³/mol. The highest BCUT2D eigenvalue weighted by molar-refractivity contribution is 5.28. The lowest BCUT2D eigenvalue weighted by Gasteiger charge is -2.03. The molecule has 2 rings (SSSR count). The fourth-order valence-electron chi connectivity index (χ4n) is 1.46. The molecular formula is C11H12FN3O2. The van der Waals surface area contributed by atoms with Crippen LogP contribution in [0.5, 0.6) is 5.75 Å². The van der Waals surface area contributed by atoms with Gasteiger partial charge >= 0.3 is 0 Å². The fourth-order valence-corrected chi connectivity index (χ4v) is 1.46. The first-order chi connectivity index (χ1) is 8.13. The quantitative estimate of drug-likeness (QED) is 0.843. The van der Waals surface area contributed by atoms with Gasteiger partial charge in [0.05, 0.1) is 6.54 Å². The molecular weight excluding hydrogens is 225 g/mol. The minimum atomic E-state index is -0.463. The van der Waals surface area contributed by atoms with Crippen LogP contribution in [-0.2, 0) is 13.1 Å². The van der Waals surface area contributed by atoms with Crippen molar-refractivity contribution in [3.05, 3.63) is 41.3 Å². The molecule has 0 radical (unpaired) electrons. The second-order valence-corrected chi connectivity index (χ2v) is 3.66. The Kier molecular flexibility index (Phi) is 3.34. The summed E-state index contributed by atoms with van der Waals surface area (Å²) in [6.07, 6.45) is 0. The van der Waals surface area contributed by atoms with Crippen molar-refractivity contribution in [2.75, 3.05) is 0 Å². The van der Waals surface area contributed by atoms with Crippen molar-refractivity contribution in [1.82, 2.24) is 15.5 Å². The number of rotatable bonds is 4. The molecule has 0 spiro atoms. The van der Waals surface area contributed by atoms with E-state index in [1.807, 2.05) is 0 Å². The molecule has 0 aliphatic heterocycles. The van der Waals surface area contributed by atoms with E-state index < -0.39 is 5.82 Å². The van der Waals surface area contributed by atoms with Gasteiger partial charge in [-0.1, -0.05) is 5.16 Å². The number of hydrogen-bond acceptors (Lipinski definition) is 5. The predicted octanol–water partition coefficient (Wildman–Crippen LogP) is 1.51. The molecule has 0 bridgehead atoms. The first-order valence-electron chi connectivity index (χ1n) is 5.12. The molecule has 90 valence electrons. The highest BCUT2D eigenvalue weighted by atomic mass is 19.1. The van der Waals surface area contributed by atoms with Gasteiger partial charge in [-0.3, -0.25) is 0 Å². The summed E-state index contributed by atoms with van der Waals surface area (Å²) >= 11 is 0. The van der Waals surface area contributed by atoms with Crippen molar-refractivity contribution >= 4 is 0 Å². The Bertz CT molecular complexity index is 493. The van der Waals surface area contributed by atoms with Crippen molar-refractivity contribution in [2.24, 2.45) is 0 Å². The lowest BCUT2D eigenvalue weighted by molar-refractivity contribution is 0.364. The van der Waals surface area contributed by atoms with Crippen LogP contribution in [0.4, 0.5) is 4.39 Å². The van der Waals surface area contributed by atoms with Gasteiger partial charge in [0.2, 0.25) is 5.89 Å². The number of phenolic OH excluding ortho intramolecular Hbond substituents is 1. The first-order valence-corrected chi connectivity index (χ1v) is 5.12. The molecule has 0 aliphatic carbocycles. The van der Waals surface area contributed by atoms with Gasteiger partial charge in [0, 0.05) is 12.6 Å². The molecule has 0 atom stereocenters. The number of benzene rings is 1. The van der Waals surface area contributed by atoms with E-state index >= 15 is 0 Å². The van der Waals surface area contributed by atoms with E-state index in [1.54, 1.807) is 6.92 Å². The number of hydrogen-bond donors (Lipinski definition) is 2. The molecule has 1 heterocycles. The van der Waals surface area contributed by atoms with E-state index in [4.69, 9.17) is 4.52 Å². The van der Waals surface area contributed by atoms with E-state index in [2.05, 4.69) is 15.5 Å². The van der Waals surface area contributed by atoms with Crippen LogP contribution in [0.3, 0.4) is 0 Å². The number of nitrogens with zero attached hydrogens (tertiary/aromatic N) is 2. The maximum absolute atomic E-state index is 13.0. The van der Waals surface area contributed by atoms with E-state index in [0.717, 1.165) is 6.07 Å². The van der Waals surface area contributed by atoms with Crippen molar-refractivity contribution in [3.8, 4) is 5.75 Å². The molecule has 6 heteroatoms. The molecule has 0 aliphatic rings. The average Bonchev–Trinajstić information content (AvgIpc) is 2.63. The molecule has 17 heavy (non-hydrogen) atoms. The molecule has 0 saturated heterocycles. The molecule has 1 aromatic heterocycles. The lowest BCUT2D eigenvalue weighted by Crippen LogP contribution is -2.13. The zero-order valence-electron chi connectivity index (χ0n) is 9.27. The third-order valence-electron chi connectivity index (χ3n) is 2.12. The molecule has 5 nitrogen and oxygen atoms in total. The SMILES string of the molecule is Cc1noc(CNCc2cc(O)cc(F)c2)n1. The van der Waals surface area contributed by atoms with E-state index in [9.17, 15) is 9.50 Å². The molecule has 0 saturated carbocycles. The molecule has 1 aromatic carbocycles. The standard InChI is InChI=1S/C11H12FN3O2/c1-7-14-11(17-15-7)6-13-5-8-2-9(12)4-10(16)3-8/h2-4,13,16H,5-6H2,1H3. The van der Waals surface area contributed by atoms with Crippen LogP contribution in [0, 0.1) is 12.7 Å². The number of nitrogens with one attached hydrogen (secondary N) is 1. The lowest BCUT2D eigenvalue weighted by atomic mass is 10.2. The third-order valence-corrected chi connectivity index (χ3v) is 2.12. The van der Waals surface area contributed by atoms with Crippen molar-refractivity contribution in [1.29, 1.82) is 0 Å². The highest BCUT2D eigenvalue weighted by Gasteiger charge is 2.03. The van der Waals surface area contributed by atoms with Crippen LogP contribution < -0.4 is 5.32 Å². The Balaban J connectivity index is 1.89. The van der Waals surface area contributed by atoms with Gasteiger partial charge in [0.15, 0.2) is 5.82 Å². The zero-order valence-corrected chi connectivity index (χ0v) is 9.27. The van der Waals surface area contributed by atoms with Crippen LogP contribution in [0.25, 0.3) is 0 Å². The van der Waals surface area contributed by atoms with Gasteiger partial charge < -0.3 is 14.9 Å². The van der Waals surface area contributed by atoms with Gasteiger partial charge in [-0.25, -0.2) is 4.39 Å². The highest BCUT2D eigenvalue weighted by Crippen LogP contribution is 2.14. The van der Waals surface area contributed by atoms with Gasteiger partial charge in [-0.2, -0.15) is 4.98 Å². The fraction of sp³-hybridized carbons (Fsp3) is 0.273. The number of aryl methyl sites for hydroxylation is 1. The topological polar surface area (TPSA) is 71.2 Å². The largest absolute Gasteiger partial charge is 0.508 e. The summed E-state index contributed by atoms with van der Waals surface area (Å²) in [5, 5.41) is 15.9. The monoisotopic (exact) mass is 237 g/mol. The zero-order chi connectivity index (χ0) is 12.3. The molecule has 0 amide bonds. The van der Waals surface area contributed by atoms with E-state index in [1.165, 1.54) is 12.1 Å². The molecule has 2 N–H and O–H groups in total. The second-order valence-electron chi connectivity index (χ2n) is 3.66. The van der Waals surface area contributed by atoms with Crippen molar-refractivity contribution in [2.45, 2.75) is 20.0 Å². The maximum atomic E-state index is 13.0. The van der Waals surface area contributed by atoms with Gasteiger partial charge in [-0.15, -0.1) is 0 Å². The summed E-state index contributed by atoms with van der Waals surface area (Å²) < 4.78 is 17.9. The van der Waals surface area contributed by atoms with E-state index in [-0.39, 0.29) is 5.75 Å². The van der Waals surface area contributed by atoms with Gasteiger partial charge in [0.1, 0.15) is 11.6 Å². The van der Waals surface area contributed by atoms with E-state index in [0.29, 0.717) is 30.4 Å². The third kappa shape index (κ3) is 3.25. The summed E-state index contributed by atoms with van der Waals surface area (Å²) in [5.74, 6) is 0.499. The maximum Gasteiger partial charge on any atom is 0.240 e. The minimum absolute atomic E-state index is 0.0876. The normalized spacial score (nSPS) is 10.7. The van der Waals surface area contributed by atoms with Crippen LogP contribution in [0.1, 0.15) is 17.3 Å². The van der Waals surface area contributed by atoms with Crippen LogP contribution in [-0.4, -0.2) is 15.2 Å². The first kappa shape index (κ1) is 11.5. The average molecular weight is 237 g/mol. The summed E-state index contributed by atoms with van der Waals surface area (Å²) in [6.45, 7) is 2.54. The van der Waals surface area contributed by atoms with Crippen LogP contribution in [0.15, 0.2) is 22.7 Å². The Morgan fingerprint density at radius 3 is 2.82 bits per heavy atom. The van der Waals surface area contributed by atoms with Crippen molar-refractivity contribution in [3.63, 3.8) is 0 Å². The molecule has 0 unspecified atom stereocenters. The molecule has 0 fully saturated rings. The summed E-state index contributed by atoms with van der Waals surface area (Å²) in [6, 6.07) is 3.91. The van der Waals surface area contributed by atoms with Gasteiger partial charge in [0.25, 0.3) is 0 Å². The smallest absolute Gasteiger partial charge is 0.240 e. The summed E-state index contributed by atoms with van der Waals surface area (Å²) in [7, 11) is 0. The Morgan fingerprint density at radius 2 is 2.18 bits per heavy atom. The summed E-state index contributed by atoms with van der Waals surface area (Å²) in [5.41, 5.74) is 0.652. The van der Waals surface area contributed by atoms with Crippen LogP contribution >= 0.6 is 0 Å². The van der Waals surface area contributed by atoms with Gasteiger partial charge in [-0.05, 0) is 24.6 Å². The molecule has 2 aromatic rings. The van der Waals surface area contributed by atoms with Crippen LogP contribution in [0.2, 0.25) is 0 Å². The Labute approximate surface area is 97.3 Å². The number of aromatic nitrogens is 2. The Morgan fingerprint density at radius 1 is 1.35 bits per heavy atom. The number of aromatic hydroxyl groups is 1. The number of halogens is 1. The second kappa shape index (κ2) is 4.92. The van der Waals surface area contributed by atoms with Crippen molar-refractivity contribution < 1.29 is 14.0 Å². The summed E-state index contributed by atoms with van der Waals surface area (Å²) in [4.78, 5) is 4.01. The Hall–Kier alpha value is -1.95. The minimum Gasteiger partial charge on any atom is -0.508 e. The number of phenols is 1.